The quantitative estimate of drug-likeness (QED) is 0.356. The number of fused-ring (bicyclic) bond motifs is 1. The van der Waals surface area contributed by atoms with Gasteiger partial charge in [-0.3, -0.25) is 0 Å². The average molecular weight is 243 g/mol. The predicted molar refractivity (Wildman–Crippen MR) is 63.3 cm³/mol. The standard InChI is InChI=1S/C9H7ClN2S2/c1-2-4-14-9-11-6-3-5-13-7(6)8(10)12-9/h2-3,5H,1,4H2. The van der Waals surface area contributed by atoms with Crippen molar-refractivity contribution >= 4 is 44.9 Å². The summed E-state index contributed by atoms with van der Waals surface area (Å²) in [5, 5.41) is 3.21. The smallest absolute Gasteiger partial charge is 0.189 e. The van der Waals surface area contributed by atoms with Crippen molar-refractivity contribution in [2.75, 3.05) is 5.75 Å². The summed E-state index contributed by atoms with van der Waals surface area (Å²) in [5.41, 5.74) is 0.918. The summed E-state index contributed by atoms with van der Waals surface area (Å²) < 4.78 is 0.953. The molecule has 2 nitrogen and oxygen atoms in total. The molecule has 2 rings (SSSR count). The van der Waals surface area contributed by atoms with E-state index in [1.807, 2.05) is 17.5 Å². The molecule has 0 amide bonds. The zero-order valence-corrected chi connectivity index (χ0v) is 9.62. The van der Waals surface area contributed by atoms with Crippen LogP contribution < -0.4 is 0 Å². The van der Waals surface area contributed by atoms with Gasteiger partial charge in [-0.05, 0) is 11.4 Å². The van der Waals surface area contributed by atoms with Crippen molar-refractivity contribution in [1.29, 1.82) is 0 Å². The van der Waals surface area contributed by atoms with Crippen LogP contribution >= 0.6 is 34.7 Å². The first kappa shape index (κ1) is 9.96. The van der Waals surface area contributed by atoms with Gasteiger partial charge in [0.1, 0.15) is 0 Å². The summed E-state index contributed by atoms with van der Waals surface area (Å²) in [7, 11) is 0. The lowest BCUT2D eigenvalue weighted by atomic mass is 10.5. The molecule has 0 unspecified atom stereocenters. The second-order valence-corrected chi connectivity index (χ2v) is 4.79. The zero-order chi connectivity index (χ0) is 9.97. The lowest BCUT2D eigenvalue weighted by molar-refractivity contribution is 1.01. The van der Waals surface area contributed by atoms with E-state index in [9.17, 15) is 0 Å². The van der Waals surface area contributed by atoms with Gasteiger partial charge in [-0.1, -0.05) is 29.4 Å². The minimum Gasteiger partial charge on any atom is -0.222 e. The first-order chi connectivity index (χ1) is 6.81. The molecule has 2 aromatic rings. The monoisotopic (exact) mass is 242 g/mol. The van der Waals surface area contributed by atoms with Gasteiger partial charge in [0.25, 0.3) is 0 Å². The van der Waals surface area contributed by atoms with Crippen LogP contribution in [0, 0.1) is 0 Å². The highest BCUT2D eigenvalue weighted by Crippen LogP contribution is 2.28. The third kappa shape index (κ3) is 1.92. The summed E-state index contributed by atoms with van der Waals surface area (Å²) in [6.45, 7) is 3.64. The van der Waals surface area contributed by atoms with Crippen molar-refractivity contribution in [3.05, 3.63) is 29.3 Å². The van der Waals surface area contributed by atoms with Crippen LogP contribution in [0.5, 0.6) is 0 Å². The third-order valence-electron chi connectivity index (χ3n) is 1.57. The van der Waals surface area contributed by atoms with E-state index in [2.05, 4.69) is 16.5 Å². The zero-order valence-electron chi connectivity index (χ0n) is 7.24. The van der Waals surface area contributed by atoms with Gasteiger partial charge in [0.05, 0.1) is 10.2 Å². The Hall–Kier alpha value is -0.580. The molecular formula is C9H7ClN2S2. The third-order valence-corrected chi connectivity index (χ3v) is 3.71. The highest BCUT2D eigenvalue weighted by Gasteiger charge is 2.06. The molecule has 0 aromatic carbocycles. The Balaban J connectivity index is 2.42. The minimum atomic E-state index is 0.538. The topological polar surface area (TPSA) is 25.8 Å². The molecule has 0 atom stereocenters. The fourth-order valence-electron chi connectivity index (χ4n) is 1.01. The van der Waals surface area contributed by atoms with Crippen LogP contribution in [-0.4, -0.2) is 15.7 Å². The minimum absolute atomic E-state index is 0.538. The second-order valence-electron chi connectivity index (χ2n) is 2.53. The van der Waals surface area contributed by atoms with Gasteiger partial charge in [0, 0.05) is 5.75 Å². The molecule has 0 saturated carbocycles. The van der Waals surface area contributed by atoms with Gasteiger partial charge in [-0.2, -0.15) is 0 Å². The maximum absolute atomic E-state index is 6.00. The number of rotatable bonds is 3. The summed E-state index contributed by atoms with van der Waals surface area (Å²) in [6, 6.07) is 1.95. The van der Waals surface area contributed by atoms with Crippen molar-refractivity contribution < 1.29 is 0 Å². The Labute approximate surface area is 95.0 Å². The normalized spacial score (nSPS) is 10.6. The SMILES string of the molecule is C=CCSc1nc(Cl)c2sccc2n1. The lowest BCUT2D eigenvalue weighted by Crippen LogP contribution is -1.87. The van der Waals surface area contributed by atoms with Crippen LogP contribution in [0.4, 0.5) is 0 Å². The maximum Gasteiger partial charge on any atom is 0.189 e. The summed E-state index contributed by atoms with van der Waals surface area (Å²) in [6.07, 6.45) is 1.82. The molecule has 0 bridgehead atoms. The number of nitrogens with zero attached hydrogens (tertiary/aromatic N) is 2. The van der Waals surface area contributed by atoms with Crippen molar-refractivity contribution in [2.45, 2.75) is 5.16 Å². The molecule has 0 spiro atoms. The number of aromatic nitrogens is 2. The van der Waals surface area contributed by atoms with Gasteiger partial charge in [0.15, 0.2) is 10.3 Å². The molecule has 14 heavy (non-hydrogen) atoms. The Morgan fingerprint density at radius 2 is 2.43 bits per heavy atom. The molecule has 0 radical (unpaired) electrons. The Morgan fingerprint density at radius 3 is 3.21 bits per heavy atom. The fraction of sp³-hybridized carbons (Fsp3) is 0.111. The van der Waals surface area contributed by atoms with Crippen LogP contribution in [0.3, 0.4) is 0 Å². The van der Waals surface area contributed by atoms with Crippen LogP contribution in [0.15, 0.2) is 29.3 Å². The van der Waals surface area contributed by atoms with E-state index in [1.54, 1.807) is 11.3 Å². The molecule has 0 fully saturated rings. The highest BCUT2D eigenvalue weighted by molar-refractivity contribution is 7.99. The first-order valence-electron chi connectivity index (χ1n) is 3.95. The molecule has 0 aliphatic rings. The number of hydrogen-bond acceptors (Lipinski definition) is 4. The molecule has 0 saturated heterocycles. The molecule has 5 heteroatoms. The second kappa shape index (κ2) is 4.29. The van der Waals surface area contributed by atoms with Crippen molar-refractivity contribution in [3.8, 4) is 0 Å². The molecule has 0 aliphatic carbocycles. The lowest BCUT2D eigenvalue weighted by Gasteiger charge is -1.98. The van der Waals surface area contributed by atoms with E-state index >= 15 is 0 Å². The van der Waals surface area contributed by atoms with Gasteiger partial charge < -0.3 is 0 Å². The Kier molecular flexibility index (Phi) is 3.05. The van der Waals surface area contributed by atoms with Crippen LogP contribution in [-0.2, 0) is 0 Å². The molecule has 2 heterocycles. The van der Waals surface area contributed by atoms with E-state index in [1.165, 1.54) is 11.8 Å². The fourth-order valence-corrected chi connectivity index (χ4v) is 2.66. The van der Waals surface area contributed by atoms with Gasteiger partial charge in [-0.15, -0.1) is 17.9 Å². The van der Waals surface area contributed by atoms with Crippen LogP contribution in [0.1, 0.15) is 0 Å². The number of thioether (sulfide) groups is 1. The summed E-state index contributed by atoms with van der Waals surface area (Å²) >= 11 is 9.10. The highest BCUT2D eigenvalue weighted by atomic mass is 35.5. The van der Waals surface area contributed by atoms with Crippen LogP contribution in [0.2, 0.25) is 5.15 Å². The van der Waals surface area contributed by atoms with Gasteiger partial charge in [-0.25, -0.2) is 9.97 Å². The summed E-state index contributed by atoms with van der Waals surface area (Å²) in [4.78, 5) is 8.55. The van der Waals surface area contributed by atoms with E-state index in [4.69, 9.17) is 11.6 Å². The first-order valence-corrected chi connectivity index (χ1v) is 6.20. The number of halogens is 1. The number of thiophene rings is 1. The molecule has 0 N–H and O–H groups in total. The van der Waals surface area contributed by atoms with Crippen molar-refractivity contribution in [1.82, 2.24) is 9.97 Å². The van der Waals surface area contributed by atoms with Crippen molar-refractivity contribution in [3.63, 3.8) is 0 Å². The molecule has 0 aliphatic heterocycles. The Bertz CT molecular complexity index is 467. The largest absolute Gasteiger partial charge is 0.222 e. The average Bonchev–Trinajstić information content (AvgIpc) is 2.63. The number of hydrogen-bond donors (Lipinski definition) is 0. The molecule has 2 aromatic heterocycles. The summed E-state index contributed by atoms with van der Waals surface area (Å²) in [5.74, 6) is 0.798. The Morgan fingerprint density at radius 1 is 1.57 bits per heavy atom. The molecule has 72 valence electrons. The van der Waals surface area contributed by atoms with Crippen molar-refractivity contribution in [2.24, 2.45) is 0 Å². The van der Waals surface area contributed by atoms with E-state index in [0.717, 1.165) is 16.0 Å². The van der Waals surface area contributed by atoms with Crippen LogP contribution in [0.25, 0.3) is 10.2 Å². The van der Waals surface area contributed by atoms with E-state index in [0.29, 0.717) is 10.3 Å². The van der Waals surface area contributed by atoms with E-state index < -0.39 is 0 Å². The van der Waals surface area contributed by atoms with E-state index in [-0.39, 0.29) is 0 Å². The predicted octanol–water partition coefficient (Wildman–Crippen LogP) is 3.62. The van der Waals surface area contributed by atoms with Gasteiger partial charge >= 0.3 is 0 Å². The maximum atomic E-state index is 6.00. The van der Waals surface area contributed by atoms with Gasteiger partial charge in [0.2, 0.25) is 0 Å². The molecular weight excluding hydrogens is 236 g/mol.